The van der Waals surface area contributed by atoms with Gasteiger partial charge in [-0.2, -0.15) is 5.10 Å². The number of hydrazine groups is 1. The van der Waals surface area contributed by atoms with Gasteiger partial charge in [0.2, 0.25) is 0 Å². The van der Waals surface area contributed by atoms with Crippen LogP contribution < -0.4 is 11.3 Å². The van der Waals surface area contributed by atoms with E-state index in [9.17, 15) is 0 Å². The zero-order chi connectivity index (χ0) is 9.84. The lowest BCUT2D eigenvalue weighted by atomic mass is 10.1. The molecule has 0 saturated carbocycles. The summed E-state index contributed by atoms with van der Waals surface area (Å²) in [7, 11) is 1.96. The number of nitrogens with zero attached hydrogens (tertiary/aromatic N) is 2. The van der Waals surface area contributed by atoms with Crippen LogP contribution in [0.2, 0.25) is 0 Å². The van der Waals surface area contributed by atoms with Gasteiger partial charge in [-0.3, -0.25) is 16.0 Å². The van der Waals surface area contributed by atoms with E-state index in [1.165, 1.54) is 5.69 Å². The molecule has 0 bridgehead atoms. The van der Waals surface area contributed by atoms with Gasteiger partial charge in [-0.05, 0) is 19.4 Å². The van der Waals surface area contributed by atoms with E-state index in [1.807, 2.05) is 18.7 Å². The van der Waals surface area contributed by atoms with Crippen molar-refractivity contribution in [3.8, 4) is 0 Å². The van der Waals surface area contributed by atoms with Crippen molar-refractivity contribution in [1.29, 1.82) is 0 Å². The Hall–Kier alpha value is -0.870. The number of nitrogens with two attached hydrogens (primary N) is 1. The predicted octanol–water partition coefficient (Wildman–Crippen LogP) is 0.513. The summed E-state index contributed by atoms with van der Waals surface area (Å²) >= 11 is 0. The van der Waals surface area contributed by atoms with Crippen molar-refractivity contribution in [3.05, 3.63) is 17.5 Å². The van der Waals surface area contributed by atoms with Crippen LogP contribution in [-0.4, -0.2) is 15.8 Å². The molecule has 0 radical (unpaired) electrons. The van der Waals surface area contributed by atoms with Crippen LogP contribution in [0, 0.1) is 6.92 Å². The molecule has 1 heterocycles. The molecule has 1 aromatic heterocycles. The third kappa shape index (κ3) is 2.54. The highest BCUT2D eigenvalue weighted by atomic mass is 15.3. The lowest BCUT2D eigenvalue weighted by molar-refractivity contribution is 0.495. The Morgan fingerprint density at radius 3 is 2.77 bits per heavy atom. The average molecular weight is 182 g/mol. The molecule has 0 aromatic carbocycles. The lowest BCUT2D eigenvalue weighted by Gasteiger charge is -2.12. The molecule has 4 nitrogen and oxygen atoms in total. The highest BCUT2D eigenvalue weighted by Gasteiger charge is 2.08. The minimum Gasteiger partial charge on any atom is -0.272 e. The summed E-state index contributed by atoms with van der Waals surface area (Å²) in [4.78, 5) is 0. The van der Waals surface area contributed by atoms with Crippen LogP contribution >= 0.6 is 0 Å². The van der Waals surface area contributed by atoms with E-state index in [1.54, 1.807) is 0 Å². The molecule has 1 unspecified atom stereocenters. The SMILES string of the molecule is CCC(Cc1cc(C)nn1C)NN. The molecule has 0 spiro atoms. The van der Waals surface area contributed by atoms with Gasteiger partial charge in [-0.25, -0.2) is 0 Å². The van der Waals surface area contributed by atoms with Crippen LogP contribution in [0.25, 0.3) is 0 Å². The fraction of sp³-hybridized carbons (Fsp3) is 0.667. The molecule has 0 aliphatic carbocycles. The highest BCUT2D eigenvalue weighted by molar-refractivity contribution is 5.09. The van der Waals surface area contributed by atoms with Gasteiger partial charge in [0.25, 0.3) is 0 Å². The number of aromatic nitrogens is 2. The molecule has 0 aliphatic heterocycles. The molecule has 4 heteroatoms. The Morgan fingerprint density at radius 2 is 2.38 bits per heavy atom. The van der Waals surface area contributed by atoms with Crippen molar-refractivity contribution in [1.82, 2.24) is 15.2 Å². The number of rotatable bonds is 4. The molecule has 1 aromatic rings. The van der Waals surface area contributed by atoms with Crippen LogP contribution in [0.5, 0.6) is 0 Å². The van der Waals surface area contributed by atoms with Crippen LogP contribution in [0.15, 0.2) is 6.07 Å². The normalized spacial score (nSPS) is 13.2. The summed E-state index contributed by atoms with van der Waals surface area (Å²) in [5, 5.41) is 4.28. The number of nitrogens with one attached hydrogen (secondary N) is 1. The van der Waals surface area contributed by atoms with E-state index in [2.05, 4.69) is 23.5 Å². The second-order valence-electron chi connectivity index (χ2n) is 3.38. The van der Waals surface area contributed by atoms with Crippen molar-refractivity contribution in [2.75, 3.05) is 0 Å². The van der Waals surface area contributed by atoms with Crippen LogP contribution in [0.1, 0.15) is 24.7 Å². The Balaban J connectivity index is 2.67. The van der Waals surface area contributed by atoms with Crippen LogP contribution in [0.3, 0.4) is 0 Å². The van der Waals surface area contributed by atoms with E-state index in [0.717, 1.165) is 18.5 Å². The molecular formula is C9H18N4. The topological polar surface area (TPSA) is 55.9 Å². The number of hydrogen-bond acceptors (Lipinski definition) is 3. The van der Waals surface area contributed by atoms with Crippen molar-refractivity contribution < 1.29 is 0 Å². The molecule has 0 aliphatic rings. The highest BCUT2D eigenvalue weighted by Crippen LogP contribution is 2.06. The first-order chi connectivity index (χ1) is 6.17. The standard InChI is InChI=1S/C9H18N4/c1-4-8(11-10)6-9-5-7(2)12-13(9)3/h5,8,11H,4,6,10H2,1-3H3. The van der Waals surface area contributed by atoms with Crippen molar-refractivity contribution in [3.63, 3.8) is 0 Å². The minimum atomic E-state index is 0.342. The van der Waals surface area contributed by atoms with Crippen LogP contribution in [-0.2, 0) is 13.5 Å². The zero-order valence-electron chi connectivity index (χ0n) is 8.54. The van der Waals surface area contributed by atoms with Crippen molar-refractivity contribution >= 4 is 0 Å². The molecule has 1 atom stereocenters. The Bertz CT molecular complexity index is 263. The smallest absolute Gasteiger partial charge is 0.0596 e. The summed E-state index contributed by atoms with van der Waals surface area (Å²) in [6.07, 6.45) is 1.96. The van der Waals surface area contributed by atoms with E-state index < -0.39 is 0 Å². The van der Waals surface area contributed by atoms with E-state index in [4.69, 9.17) is 5.84 Å². The van der Waals surface area contributed by atoms with Gasteiger partial charge >= 0.3 is 0 Å². The fourth-order valence-corrected chi connectivity index (χ4v) is 1.43. The van der Waals surface area contributed by atoms with E-state index in [0.29, 0.717) is 6.04 Å². The van der Waals surface area contributed by atoms with E-state index in [-0.39, 0.29) is 0 Å². The first kappa shape index (κ1) is 10.2. The van der Waals surface area contributed by atoms with Crippen LogP contribution in [0.4, 0.5) is 0 Å². The summed E-state index contributed by atoms with van der Waals surface area (Å²) in [6.45, 7) is 4.12. The second-order valence-corrected chi connectivity index (χ2v) is 3.38. The molecule has 0 saturated heterocycles. The first-order valence-electron chi connectivity index (χ1n) is 4.63. The third-order valence-electron chi connectivity index (χ3n) is 2.28. The van der Waals surface area contributed by atoms with Crippen molar-refractivity contribution in [2.45, 2.75) is 32.7 Å². The number of aryl methyl sites for hydroxylation is 2. The maximum Gasteiger partial charge on any atom is 0.0596 e. The second kappa shape index (κ2) is 4.39. The summed E-state index contributed by atoms with van der Waals surface area (Å²) < 4.78 is 1.91. The Labute approximate surface area is 79.1 Å². The summed E-state index contributed by atoms with van der Waals surface area (Å²) in [5.41, 5.74) is 5.08. The van der Waals surface area contributed by atoms with Gasteiger partial charge in [-0.1, -0.05) is 6.92 Å². The van der Waals surface area contributed by atoms with Gasteiger partial charge < -0.3 is 0 Å². The minimum absolute atomic E-state index is 0.342. The molecule has 3 N–H and O–H groups in total. The first-order valence-corrected chi connectivity index (χ1v) is 4.63. The largest absolute Gasteiger partial charge is 0.272 e. The van der Waals surface area contributed by atoms with Gasteiger partial charge in [-0.15, -0.1) is 0 Å². The molecule has 1 rings (SSSR count). The van der Waals surface area contributed by atoms with Gasteiger partial charge in [0, 0.05) is 25.2 Å². The maximum absolute atomic E-state index is 5.41. The molecular weight excluding hydrogens is 164 g/mol. The Morgan fingerprint density at radius 1 is 1.69 bits per heavy atom. The van der Waals surface area contributed by atoms with E-state index >= 15 is 0 Å². The third-order valence-corrected chi connectivity index (χ3v) is 2.28. The molecule has 13 heavy (non-hydrogen) atoms. The predicted molar refractivity (Wildman–Crippen MR) is 53.1 cm³/mol. The summed E-state index contributed by atoms with van der Waals surface area (Å²) in [5.74, 6) is 5.41. The van der Waals surface area contributed by atoms with Crippen molar-refractivity contribution in [2.24, 2.45) is 12.9 Å². The number of hydrogen-bond donors (Lipinski definition) is 2. The zero-order valence-corrected chi connectivity index (χ0v) is 8.54. The van der Waals surface area contributed by atoms with Gasteiger partial charge in [0.15, 0.2) is 0 Å². The Kier molecular flexibility index (Phi) is 3.45. The van der Waals surface area contributed by atoms with Gasteiger partial charge in [0.05, 0.1) is 5.69 Å². The average Bonchev–Trinajstić information content (AvgIpc) is 2.41. The fourth-order valence-electron chi connectivity index (χ4n) is 1.43. The lowest BCUT2D eigenvalue weighted by Crippen LogP contribution is -2.36. The maximum atomic E-state index is 5.41. The molecule has 0 fully saturated rings. The molecule has 74 valence electrons. The van der Waals surface area contributed by atoms with Gasteiger partial charge in [0.1, 0.15) is 0 Å². The molecule has 0 amide bonds. The summed E-state index contributed by atoms with van der Waals surface area (Å²) in [6, 6.07) is 2.44. The quantitative estimate of drug-likeness (QED) is 0.527. The monoisotopic (exact) mass is 182 g/mol.